The van der Waals surface area contributed by atoms with Gasteiger partial charge in [-0.05, 0) is 54.8 Å². The number of imidazole rings is 1. The summed E-state index contributed by atoms with van der Waals surface area (Å²) in [6.45, 7) is 6.08. The topological polar surface area (TPSA) is 38.1 Å². The van der Waals surface area contributed by atoms with E-state index in [4.69, 9.17) is 4.98 Å². The SMILES string of the molecule is Cc1ccc(C)c(Cn2c([C@@H]3CC(=O)N(Cc4ccc(F)cc4)C3)nc3ccccc32)c1. The first kappa shape index (κ1) is 20.4. The highest BCUT2D eigenvalue weighted by Crippen LogP contribution is 2.32. The second kappa shape index (κ2) is 8.23. The van der Waals surface area contributed by atoms with Crippen molar-refractivity contribution < 1.29 is 9.18 Å². The summed E-state index contributed by atoms with van der Waals surface area (Å²) in [6, 6.07) is 21.1. The van der Waals surface area contributed by atoms with Gasteiger partial charge in [-0.2, -0.15) is 0 Å². The number of aryl methyl sites for hydroxylation is 2. The summed E-state index contributed by atoms with van der Waals surface area (Å²) >= 11 is 0. The van der Waals surface area contributed by atoms with Gasteiger partial charge in [0, 0.05) is 32.0 Å². The van der Waals surface area contributed by atoms with Crippen molar-refractivity contribution in [3.8, 4) is 0 Å². The number of para-hydroxylation sites is 2. The van der Waals surface area contributed by atoms with E-state index in [-0.39, 0.29) is 17.6 Å². The van der Waals surface area contributed by atoms with Crippen LogP contribution in [-0.4, -0.2) is 26.9 Å². The first-order valence-corrected chi connectivity index (χ1v) is 11.0. The monoisotopic (exact) mass is 427 g/mol. The standard InChI is InChI=1S/C27H26FN3O/c1-18-7-8-19(2)21(13-18)17-31-25-6-4-3-5-24(25)29-27(31)22-14-26(32)30(16-22)15-20-9-11-23(28)12-10-20/h3-13,22H,14-17H2,1-2H3/t22-/m1/s1. The molecule has 1 amide bonds. The number of carbonyl (C=O) groups excluding carboxylic acids is 1. The lowest BCUT2D eigenvalue weighted by molar-refractivity contribution is -0.128. The number of rotatable bonds is 5. The van der Waals surface area contributed by atoms with Gasteiger partial charge in [0.05, 0.1) is 11.0 Å². The van der Waals surface area contributed by atoms with Crippen LogP contribution in [-0.2, 0) is 17.9 Å². The highest BCUT2D eigenvalue weighted by molar-refractivity contribution is 5.81. The van der Waals surface area contributed by atoms with Crippen LogP contribution < -0.4 is 0 Å². The van der Waals surface area contributed by atoms with Gasteiger partial charge in [-0.15, -0.1) is 0 Å². The lowest BCUT2D eigenvalue weighted by Crippen LogP contribution is -2.24. The van der Waals surface area contributed by atoms with Crippen LogP contribution in [0.3, 0.4) is 0 Å². The van der Waals surface area contributed by atoms with E-state index in [0.29, 0.717) is 19.5 Å². The van der Waals surface area contributed by atoms with Gasteiger partial charge in [-0.1, -0.05) is 48.0 Å². The summed E-state index contributed by atoms with van der Waals surface area (Å²) in [7, 11) is 0. The summed E-state index contributed by atoms with van der Waals surface area (Å²) in [4.78, 5) is 19.7. The zero-order valence-corrected chi connectivity index (χ0v) is 18.4. The smallest absolute Gasteiger partial charge is 0.223 e. The minimum absolute atomic E-state index is 0.0282. The van der Waals surface area contributed by atoms with E-state index in [1.54, 1.807) is 12.1 Å². The lowest BCUT2D eigenvalue weighted by atomic mass is 10.0. The molecule has 0 unspecified atom stereocenters. The summed E-state index contributed by atoms with van der Waals surface area (Å²) < 4.78 is 15.5. The van der Waals surface area contributed by atoms with E-state index in [2.05, 4.69) is 42.7 Å². The molecule has 2 heterocycles. The van der Waals surface area contributed by atoms with Gasteiger partial charge in [-0.3, -0.25) is 4.79 Å². The lowest BCUT2D eigenvalue weighted by Gasteiger charge is -2.18. The molecule has 0 bridgehead atoms. The van der Waals surface area contributed by atoms with Gasteiger partial charge in [0.2, 0.25) is 5.91 Å². The molecule has 3 aromatic carbocycles. The zero-order valence-electron chi connectivity index (χ0n) is 18.4. The molecule has 1 aromatic heterocycles. The normalized spacial score (nSPS) is 16.3. The highest BCUT2D eigenvalue weighted by Gasteiger charge is 2.34. The van der Waals surface area contributed by atoms with Crippen LogP contribution in [0.15, 0.2) is 66.7 Å². The first-order valence-electron chi connectivity index (χ1n) is 11.0. The second-order valence-corrected chi connectivity index (χ2v) is 8.78. The molecule has 1 aliphatic heterocycles. The minimum Gasteiger partial charge on any atom is -0.338 e. The number of aromatic nitrogens is 2. The molecule has 0 N–H and O–H groups in total. The number of benzene rings is 3. The van der Waals surface area contributed by atoms with Gasteiger partial charge in [0.25, 0.3) is 0 Å². The molecular formula is C27H26FN3O. The molecule has 0 radical (unpaired) electrons. The average Bonchev–Trinajstić information content (AvgIpc) is 3.33. The predicted octanol–water partition coefficient (Wildman–Crippen LogP) is 5.36. The maximum Gasteiger partial charge on any atom is 0.223 e. The van der Waals surface area contributed by atoms with Crippen molar-refractivity contribution in [3.05, 3.63) is 101 Å². The molecule has 1 fully saturated rings. The fraction of sp³-hybridized carbons (Fsp3) is 0.259. The molecule has 162 valence electrons. The van der Waals surface area contributed by atoms with Gasteiger partial charge in [0.15, 0.2) is 0 Å². The molecular weight excluding hydrogens is 401 g/mol. The molecule has 1 atom stereocenters. The fourth-order valence-corrected chi connectivity index (χ4v) is 4.62. The summed E-state index contributed by atoms with van der Waals surface area (Å²) in [5.41, 5.74) is 6.73. The number of likely N-dealkylation sites (tertiary alicyclic amines) is 1. The molecule has 4 aromatic rings. The molecule has 1 aliphatic rings. The van der Waals surface area contributed by atoms with Crippen molar-refractivity contribution in [1.82, 2.24) is 14.5 Å². The number of halogens is 1. The van der Waals surface area contributed by atoms with Crippen LogP contribution in [0, 0.1) is 19.7 Å². The third-order valence-electron chi connectivity index (χ3n) is 6.38. The Morgan fingerprint density at radius 2 is 1.78 bits per heavy atom. The van der Waals surface area contributed by atoms with E-state index in [1.807, 2.05) is 23.1 Å². The van der Waals surface area contributed by atoms with Gasteiger partial charge >= 0.3 is 0 Å². The van der Waals surface area contributed by atoms with Crippen molar-refractivity contribution in [2.75, 3.05) is 6.54 Å². The number of hydrogen-bond acceptors (Lipinski definition) is 2. The van der Waals surface area contributed by atoms with Crippen molar-refractivity contribution in [2.45, 2.75) is 39.3 Å². The Morgan fingerprint density at radius 3 is 2.59 bits per heavy atom. The van der Waals surface area contributed by atoms with Gasteiger partial charge < -0.3 is 9.47 Å². The van der Waals surface area contributed by atoms with Crippen molar-refractivity contribution in [2.24, 2.45) is 0 Å². The Hall–Kier alpha value is -3.47. The number of hydrogen-bond donors (Lipinski definition) is 0. The maximum atomic E-state index is 13.2. The quantitative estimate of drug-likeness (QED) is 0.430. The Balaban J connectivity index is 1.47. The third-order valence-corrected chi connectivity index (χ3v) is 6.38. The minimum atomic E-state index is -0.264. The highest BCUT2D eigenvalue weighted by atomic mass is 19.1. The van der Waals surface area contributed by atoms with Crippen LogP contribution >= 0.6 is 0 Å². The van der Waals surface area contributed by atoms with Crippen molar-refractivity contribution >= 4 is 16.9 Å². The Labute approximate surface area is 187 Å². The molecule has 0 saturated carbocycles. The van der Waals surface area contributed by atoms with Crippen LogP contribution in [0.5, 0.6) is 0 Å². The average molecular weight is 428 g/mol. The molecule has 4 nitrogen and oxygen atoms in total. The van der Waals surface area contributed by atoms with Crippen molar-refractivity contribution in [1.29, 1.82) is 0 Å². The molecule has 5 heteroatoms. The predicted molar refractivity (Wildman–Crippen MR) is 124 cm³/mol. The number of fused-ring (bicyclic) bond motifs is 1. The Kier molecular flexibility index (Phi) is 5.25. The molecule has 1 saturated heterocycles. The van der Waals surface area contributed by atoms with E-state index in [0.717, 1.165) is 29.0 Å². The summed E-state index contributed by atoms with van der Waals surface area (Å²) in [5, 5.41) is 0. The van der Waals surface area contributed by atoms with Gasteiger partial charge in [-0.25, -0.2) is 9.37 Å². The van der Waals surface area contributed by atoms with Crippen LogP contribution in [0.25, 0.3) is 11.0 Å². The van der Waals surface area contributed by atoms with Crippen LogP contribution in [0.1, 0.15) is 40.4 Å². The third kappa shape index (κ3) is 3.91. The molecule has 32 heavy (non-hydrogen) atoms. The number of amides is 1. The molecule has 0 spiro atoms. The first-order chi connectivity index (χ1) is 15.5. The zero-order chi connectivity index (χ0) is 22.2. The van der Waals surface area contributed by atoms with E-state index in [9.17, 15) is 9.18 Å². The Bertz CT molecular complexity index is 1290. The second-order valence-electron chi connectivity index (χ2n) is 8.78. The molecule has 0 aliphatic carbocycles. The summed E-state index contributed by atoms with van der Waals surface area (Å²) in [6.07, 6.45) is 0.442. The maximum absolute atomic E-state index is 13.2. The number of nitrogens with zero attached hydrogens (tertiary/aromatic N) is 3. The summed E-state index contributed by atoms with van der Waals surface area (Å²) in [5.74, 6) is 0.840. The van der Waals surface area contributed by atoms with Crippen LogP contribution in [0.4, 0.5) is 4.39 Å². The van der Waals surface area contributed by atoms with E-state index >= 15 is 0 Å². The fourth-order valence-electron chi connectivity index (χ4n) is 4.62. The van der Waals surface area contributed by atoms with Gasteiger partial charge in [0.1, 0.15) is 11.6 Å². The van der Waals surface area contributed by atoms with E-state index < -0.39 is 0 Å². The Morgan fingerprint density at radius 1 is 1.00 bits per heavy atom. The van der Waals surface area contributed by atoms with Crippen LogP contribution in [0.2, 0.25) is 0 Å². The van der Waals surface area contributed by atoms with E-state index in [1.165, 1.54) is 28.8 Å². The van der Waals surface area contributed by atoms with Crippen molar-refractivity contribution in [3.63, 3.8) is 0 Å². The largest absolute Gasteiger partial charge is 0.338 e. The molecule has 5 rings (SSSR count). The number of carbonyl (C=O) groups is 1.